The van der Waals surface area contributed by atoms with Crippen LogP contribution in [0, 0.1) is 0 Å². The van der Waals surface area contributed by atoms with Gasteiger partial charge in [0.15, 0.2) is 10.8 Å². The van der Waals surface area contributed by atoms with Crippen LogP contribution in [0.25, 0.3) is 0 Å². The zero-order valence-corrected chi connectivity index (χ0v) is 10.9. The predicted molar refractivity (Wildman–Crippen MR) is 70.6 cm³/mol. The van der Waals surface area contributed by atoms with Crippen LogP contribution in [0.1, 0.15) is 32.6 Å². The minimum absolute atomic E-state index is 0.0169. The van der Waals surface area contributed by atoms with Crippen molar-refractivity contribution in [2.75, 3.05) is 5.32 Å². The Hall–Kier alpha value is -2.28. The zero-order valence-electron chi connectivity index (χ0n) is 10.1. The Kier molecular flexibility index (Phi) is 3.86. The normalized spacial score (nSPS) is 10.2. The highest BCUT2D eigenvalue weighted by molar-refractivity contribution is 7.15. The van der Waals surface area contributed by atoms with Gasteiger partial charge in [0.2, 0.25) is 0 Å². The molecule has 0 aliphatic carbocycles. The van der Waals surface area contributed by atoms with E-state index in [1.807, 2.05) is 6.92 Å². The van der Waals surface area contributed by atoms with Crippen LogP contribution < -0.4 is 5.32 Å². The molecule has 0 aliphatic heterocycles. The Morgan fingerprint density at radius 1 is 1.42 bits per heavy atom. The van der Waals surface area contributed by atoms with Crippen molar-refractivity contribution in [1.82, 2.24) is 9.97 Å². The van der Waals surface area contributed by atoms with Crippen molar-refractivity contribution in [2.24, 2.45) is 0 Å². The standard InChI is InChI=1S/C12H11N3O3S/c1-2-7-6-14-12(19-7)15-10(16)8-4-3-5-13-9(8)11(17)18/h3-6H,2H2,1H3,(H,17,18)(H,14,15,16). The maximum Gasteiger partial charge on any atom is 0.355 e. The van der Waals surface area contributed by atoms with Gasteiger partial charge in [-0.25, -0.2) is 14.8 Å². The summed E-state index contributed by atoms with van der Waals surface area (Å²) in [4.78, 5) is 31.7. The number of nitrogens with zero attached hydrogens (tertiary/aromatic N) is 2. The first-order valence-corrected chi connectivity index (χ1v) is 6.37. The van der Waals surface area contributed by atoms with Crippen molar-refractivity contribution in [3.8, 4) is 0 Å². The summed E-state index contributed by atoms with van der Waals surface area (Å²) in [5.41, 5.74) is -0.254. The molecule has 7 heteroatoms. The van der Waals surface area contributed by atoms with E-state index in [9.17, 15) is 9.59 Å². The number of aromatic nitrogens is 2. The van der Waals surface area contributed by atoms with Crippen molar-refractivity contribution in [3.05, 3.63) is 40.7 Å². The summed E-state index contributed by atoms with van der Waals surface area (Å²) in [7, 11) is 0. The predicted octanol–water partition coefficient (Wildman–Crippen LogP) is 2.05. The van der Waals surface area contributed by atoms with Gasteiger partial charge in [0.05, 0.1) is 5.56 Å². The summed E-state index contributed by atoms with van der Waals surface area (Å²) in [6, 6.07) is 2.93. The third-order valence-corrected chi connectivity index (χ3v) is 3.43. The van der Waals surface area contributed by atoms with E-state index in [1.54, 1.807) is 6.20 Å². The molecular weight excluding hydrogens is 266 g/mol. The molecule has 2 aromatic rings. The number of hydrogen-bond acceptors (Lipinski definition) is 5. The van der Waals surface area contributed by atoms with Crippen molar-refractivity contribution in [2.45, 2.75) is 13.3 Å². The largest absolute Gasteiger partial charge is 0.476 e. The van der Waals surface area contributed by atoms with Gasteiger partial charge in [0.1, 0.15) is 0 Å². The van der Waals surface area contributed by atoms with Gasteiger partial charge in [0.25, 0.3) is 5.91 Å². The summed E-state index contributed by atoms with van der Waals surface area (Å²) < 4.78 is 0. The van der Waals surface area contributed by atoms with Crippen LogP contribution in [0.3, 0.4) is 0 Å². The Balaban J connectivity index is 2.22. The second kappa shape index (κ2) is 5.57. The van der Waals surface area contributed by atoms with Crippen LogP contribution in [-0.2, 0) is 6.42 Å². The molecule has 2 N–H and O–H groups in total. The van der Waals surface area contributed by atoms with Crippen molar-refractivity contribution >= 4 is 28.3 Å². The number of anilines is 1. The maximum atomic E-state index is 12.0. The van der Waals surface area contributed by atoms with E-state index < -0.39 is 11.9 Å². The molecular formula is C12H11N3O3S. The number of carbonyl (C=O) groups excluding carboxylic acids is 1. The average Bonchev–Trinajstić information content (AvgIpc) is 2.86. The number of carboxylic acid groups (broad SMARTS) is 1. The van der Waals surface area contributed by atoms with Crippen LogP contribution in [-0.4, -0.2) is 27.0 Å². The number of nitrogens with one attached hydrogen (secondary N) is 1. The molecule has 0 saturated heterocycles. The molecule has 0 aromatic carbocycles. The number of carbonyl (C=O) groups is 2. The zero-order chi connectivity index (χ0) is 13.8. The molecule has 0 spiro atoms. The van der Waals surface area contributed by atoms with Gasteiger partial charge in [-0.15, -0.1) is 11.3 Å². The smallest absolute Gasteiger partial charge is 0.355 e. The van der Waals surface area contributed by atoms with Crippen molar-refractivity contribution < 1.29 is 14.7 Å². The second-order valence-electron chi connectivity index (χ2n) is 3.64. The van der Waals surface area contributed by atoms with Crippen LogP contribution in [0.15, 0.2) is 24.5 Å². The van der Waals surface area contributed by atoms with E-state index in [0.29, 0.717) is 5.13 Å². The highest BCUT2D eigenvalue weighted by atomic mass is 32.1. The molecule has 2 rings (SSSR count). The number of carboxylic acids is 1. The lowest BCUT2D eigenvalue weighted by Crippen LogP contribution is -2.17. The first-order valence-electron chi connectivity index (χ1n) is 5.56. The Bertz CT molecular complexity index is 624. The third-order valence-electron chi connectivity index (χ3n) is 2.38. The molecule has 2 heterocycles. The number of hydrogen-bond donors (Lipinski definition) is 2. The van der Waals surface area contributed by atoms with E-state index in [4.69, 9.17) is 5.11 Å². The van der Waals surface area contributed by atoms with Crippen LogP contribution in [0.5, 0.6) is 0 Å². The van der Waals surface area contributed by atoms with Crippen LogP contribution in [0.2, 0.25) is 0 Å². The van der Waals surface area contributed by atoms with Crippen LogP contribution in [0.4, 0.5) is 5.13 Å². The molecule has 98 valence electrons. The lowest BCUT2D eigenvalue weighted by atomic mass is 10.2. The molecule has 0 aliphatic rings. The number of rotatable bonds is 4. The second-order valence-corrected chi connectivity index (χ2v) is 4.76. The molecule has 0 unspecified atom stereocenters. The molecule has 0 fully saturated rings. The molecule has 0 saturated carbocycles. The SMILES string of the molecule is CCc1cnc(NC(=O)c2cccnc2C(=O)O)s1. The summed E-state index contributed by atoms with van der Waals surface area (Å²) >= 11 is 1.36. The maximum absolute atomic E-state index is 12.0. The summed E-state index contributed by atoms with van der Waals surface area (Å²) in [6.45, 7) is 1.99. The van der Waals surface area contributed by atoms with E-state index in [1.165, 1.54) is 29.7 Å². The fraction of sp³-hybridized carbons (Fsp3) is 0.167. The first-order chi connectivity index (χ1) is 9.11. The minimum atomic E-state index is -1.24. The molecule has 0 atom stereocenters. The van der Waals surface area contributed by atoms with Gasteiger partial charge < -0.3 is 5.11 Å². The average molecular weight is 277 g/mol. The number of amides is 1. The van der Waals surface area contributed by atoms with E-state index >= 15 is 0 Å². The molecule has 2 aromatic heterocycles. The minimum Gasteiger partial charge on any atom is -0.476 e. The summed E-state index contributed by atoms with van der Waals surface area (Å²) in [5, 5.41) is 12.0. The number of pyridine rings is 1. The monoisotopic (exact) mass is 277 g/mol. The fourth-order valence-corrected chi connectivity index (χ4v) is 2.20. The van der Waals surface area contributed by atoms with Gasteiger partial charge in [-0.3, -0.25) is 10.1 Å². The topological polar surface area (TPSA) is 92.2 Å². The third kappa shape index (κ3) is 2.94. The summed E-state index contributed by atoms with van der Waals surface area (Å²) in [5.74, 6) is -1.76. The first kappa shape index (κ1) is 13.2. The molecule has 0 bridgehead atoms. The van der Waals surface area contributed by atoms with Gasteiger partial charge in [-0.2, -0.15) is 0 Å². The van der Waals surface area contributed by atoms with Gasteiger partial charge in [-0.05, 0) is 18.6 Å². The lowest BCUT2D eigenvalue weighted by molar-refractivity contribution is 0.0686. The Labute approximate surface area is 113 Å². The van der Waals surface area contributed by atoms with Gasteiger partial charge in [0, 0.05) is 17.3 Å². The molecule has 0 radical (unpaired) electrons. The highest BCUT2D eigenvalue weighted by Crippen LogP contribution is 2.19. The highest BCUT2D eigenvalue weighted by Gasteiger charge is 2.18. The Morgan fingerprint density at radius 2 is 2.21 bits per heavy atom. The van der Waals surface area contributed by atoms with E-state index in [-0.39, 0.29) is 11.3 Å². The van der Waals surface area contributed by atoms with Gasteiger partial charge >= 0.3 is 5.97 Å². The number of aryl methyl sites for hydroxylation is 1. The van der Waals surface area contributed by atoms with E-state index in [0.717, 1.165) is 11.3 Å². The number of aromatic carboxylic acids is 1. The van der Waals surface area contributed by atoms with Gasteiger partial charge in [-0.1, -0.05) is 6.92 Å². The molecule has 6 nitrogen and oxygen atoms in total. The lowest BCUT2D eigenvalue weighted by Gasteiger charge is -2.04. The molecule has 1 amide bonds. The summed E-state index contributed by atoms with van der Waals surface area (Å²) in [6.07, 6.45) is 3.85. The van der Waals surface area contributed by atoms with Crippen molar-refractivity contribution in [3.63, 3.8) is 0 Å². The quantitative estimate of drug-likeness (QED) is 0.892. The Morgan fingerprint density at radius 3 is 2.84 bits per heavy atom. The van der Waals surface area contributed by atoms with Crippen LogP contribution >= 0.6 is 11.3 Å². The van der Waals surface area contributed by atoms with E-state index in [2.05, 4.69) is 15.3 Å². The number of thiazole rings is 1. The fourth-order valence-electron chi connectivity index (χ4n) is 1.45. The molecule has 19 heavy (non-hydrogen) atoms. The van der Waals surface area contributed by atoms with Crippen molar-refractivity contribution in [1.29, 1.82) is 0 Å².